The van der Waals surface area contributed by atoms with Crippen LogP contribution in [0.25, 0.3) is 0 Å². The van der Waals surface area contributed by atoms with E-state index in [1.165, 1.54) is 6.92 Å². The Bertz CT molecular complexity index is 328. The van der Waals surface area contributed by atoms with Gasteiger partial charge in [-0.05, 0) is 12.1 Å². The van der Waals surface area contributed by atoms with Crippen molar-refractivity contribution in [3.63, 3.8) is 0 Å². The second-order valence-corrected chi connectivity index (χ2v) is 2.96. The van der Waals surface area contributed by atoms with Crippen molar-refractivity contribution in [2.75, 3.05) is 23.8 Å². The Hall–Kier alpha value is -1.82. The van der Waals surface area contributed by atoms with Gasteiger partial charge < -0.3 is 16.1 Å². The molecule has 6 heteroatoms. The molecule has 0 radical (unpaired) electrons. The van der Waals surface area contributed by atoms with Crippen molar-refractivity contribution in [2.45, 2.75) is 6.92 Å². The van der Waals surface area contributed by atoms with Crippen molar-refractivity contribution >= 4 is 17.5 Å². The Morgan fingerprint density at radius 1 is 1.40 bits per heavy atom. The average Bonchev–Trinajstić information content (AvgIpc) is 2.24. The maximum atomic E-state index is 10.6. The van der Waals surface area contributed by atoms with E-state index in [1.54, 1.807) is 6.07 Å². The molecule has 0 bridgehead atoms. The molecule has 0 saturated carbocycles. The summed E-state index contributed by atoms with van der Waals surface area (Å²) in [4.78, 5) is 14.7. The molecule has 1 heterocycles. The highest BCUT2D eigenvalue weighted by Gasteiger charge is 1.95. The highest BCUT2D eigenvalue weighted by atomic mass is 16.1. The minimum Gasteiger partial charge on any atom is -0.368 e. The Labute approximate surface area is 88.2 Å². The number of hydrogen-bond donors (Lipinski definition) is 4. The average molecular weight is 209 g/mol. The SMILES string of the molecule is CC(=O)NCCNc1cccc(NN)n1. The minimum atomic E-state index is -0.0397. The van der Waals surface area contributed by atoms with Gasteiger partial charge in [0.15, 0.2) is 0 Å². The molecule has 0 aliphatic heterocycles. The van der Waals surface area contributed by atoms with Gasteiger partial charge >= 0.3 is 0 Å². The van der Waals surface area contributed by atoms with Crippen LogP contribution in [0.3, 0.4) is 0 Å². The number of nitrogens with two attached hydrogens (primary N) is 1. The van der Waals surface area contributed by atoms with Gasteiger partial charge in [0, 0.05) is 20.0 Å². The molecule has 0 unspecified atom stereocenters. The van der Waals surface area contributed by atoms with Gasteiger partial charge in [0.25, 0.3) is 0 Å². The summed E-state index contributed by atoms with van der Waals surface area (Å²) in [7, 11) is 0. The number of hydrogen-bond acceptors (Lipinski definition) is 5. The Morgan fingerprint density at radius 3 is 2.80 bits per heavy atom. The maximum Gasteiger partial charge on any atom is 0.216 e. The van der Waals surface area contributed by atoms with Crippen LogP contribution in [0.1, 0.15) is 6.92 Å². The minimum absolute atomic E-state index is 0.0397. The molecule has 0 atom stereocenters. The lowest BCUT2D eigenvalue weighted by Crippen LogP contribution is -2.26. The first kappa shape index (κ1) is 11.3. The highest BCUT2D eigenvalue weighted by molar-refractivity contribution is 5.72. The number of aromatic nitrogens is 1. The highest BCUT2D eigenvalue weighted by Crippen LogP contribution is 2.06. The number of rotatable bonds is 5. The van der Waals surface area contributed by atoms with E-state index in [-0.39, 0.29) is 5.91 Å². The first-order chi connectivity index (χ1) is 7.22. The lowest BCUT2D eigenvalue weighted by molar-refractivity contribution is -0.118. The van der Waals surface area contributed by atoms with E-state index in [0.717, 1.165) is 5.82 Å². The predicted molar refractivity (Wildman–Crippen MR) is 59.2 cm³/mol. The van der Waals surface area contributed by atoms with E-state index in [0.29, 0.717) is 18.9 Å². The molecule has 0 aliphatic rings. The zero-order valence-corrected chi connectivity index (χ0v) is 8.58. The van der Waals surface area contributed by atoms with Crippen LogP contribution in [0.4, 0.5) is 11.6 Å². The maximum absolute atomic E-state index is 10.6. The largest absolute Gasteiger partial charge is 0.368 e. The van der Waals surface area contributed by atoms with Crippen LogP contribution in [-0.4, -0.2) is 24.0 Å². The summed E-state index contributed by atoms with van der Waals surface area (Å²) < 4.78 is 0. The van der Waals surface area contributed by atoms with Gasteiger partial charge in [0.05, 0.1) is 0 Å². The molecule has 0 spiro atoms. The van der Waals surface area contributed by atoms with Crippen LogP contribution in [-0.2, 0) is 4.79 Å². The van der Waals surface area contributed by atoms with E-state index in [2.05, 4.69) is 21.0 Å². The number of carbonyl (C=O) groups is 1. The topological polar surface area (TPSA) is 92.1 Å². The summed E-state index contributed by atoms with van der Waals surface area (Å²) in [5.74, 6) is 6.49. The third-order valence-corrected chi connectivity index (χ3v) is 1.70. The fourth-order valence-corrected chi connectivity index (χ4v) is 1.04. The second-order valence-electron chi connectivity index (χ2n) is 2.96. The molecule has 1 amide bonds. The van der Waals surface area contributed by atoms with E-state index in [1.807, 2.05) is 12.1 Å². The summed E-state index contributed by atoms with van der Waals surface area (Å²) in [5, 5.41) is 5.73. The smallest absolute Gasteiger partial charge is 0.216 e. The molecular formula is C9H15N5O. The normalized spacial score (nSPS) is 9.47. The number of nitrogens with zero attached hydrogens (tertiary/aromatic N) is 1. The standard InChI is InChI=1S/C9H15N5O/c1-7(15)11-5-6-12-8-3-2-4-9(13-8)14-10/h2-4H,5-6,10H2,1H3,(H,11,15)(H2,12,13,14). The van der Waals surface area contributed by atoms with Gasteiger partial charge in [-0.3, -0.25) is 4.79 Å². The van der Waals surface area contributed by atoms with Gasteiger partial charge in [-0.15, -0.1) is 0 Å². The van der Waals surface area contributed by atoms with Crippen LogP contribution in [0.5, 0.6) is 0 Å². The monoisotopic (exact) mass is 209 g/mol. The van der Waals surface area contributed by atoms with E-state index in [4.69, 9.17) is 5.84 Å². The van der Waals surface area contributed by atoms with Crippen molar-refractivity contribution in [3.8, 4) is 0 Å². The quantitative estimate of drug-likeness (QED) is 0.309. The van der Waals surface area contributed by atoms with Gasteiger partial charge in [-0.1, -0.05) is 6.07 Å². The van der Waals surface area contributed by atoms with Gasteiger partial charge in [0.2, 0.25) is 5.91 Å². The summed E-state index contributed by atoms with van der Waals surface area (Å²) in [6.45, 7) is 2.68. The van der Waals surface area contributed by atoms with E-state index < -0.39 is 0 Å². The molecule has 1 aromatic rings. The molecule has 82 valence electrons. The first-order valence-electron chi connectivity index (χ1n) is 4.64. The molecule has 0 fully saturated rings. The molecule has 5 N–H and O–H groups in total. The van der Waals surface area contributed by atoms with Crippen molar-refractivity contribution < 1.29 is 4.79 Å². The van der Waals surface area contributed by atoms with E-state index >= 15 is 0 Å². The molecule has 15 heavy (non-hydrogen) atoms. The van der Waals surface area contributed by atoms with Gasteiger partial charge in [-0.2, -0.15) is 0 Å². The number of pyridine rings is 1. The summed E-state index contributed by atoms with van der Waals surface area (Å²) >= 11 is 0. The molecule has 0 aromatic carbocycles. The van der Waals surface area contributed by atoms with Crippen LogP contribution in [0, 0.1) is 0 Å². The lowest BCUT2D eigenvalue weighted by Gasteiger charge is -2.07. The van der Waals surface area contributed by atoms with Crippen molar-refractivity contribution in [1.29, 1.82) is 0 Å². The predicted octanol–water partition coefficient (Wildman–Crippen LogP) is -0.0848. The number of carbonyl (C=O) groups excluding carboxylic acids is 1. The summed E-state index contributed by atoms with van der Waals surface area (Å²) in [5.41, 5.74) is 2.46. The van der Waals surface area contributed by atoms with Crippen LogP contribution >= 0.6 is 0 Å². The summed E-state index contributed by atoms with van der Waals surface area (Å²) in [6.07, 6.45) is 0. The lowest BCUT2D eigenvalue weighted by atomic mass is 10.4. The van der Waals surface area contributed by atoms with Crippen molar-refractivity contribution in [1.82, 2.24) is 10.3 Å². The number of nitrogen functional groups attached to an aromatic ring is 1. The number of amides is 1. The van der Waals surface area contributed by atoms with Crippen molar-refractivity contribution in [3.05, 3.63) is 18.2 Å². The zero-order chi connectivity index (χ0) is 11.1. The fraction of sp³-hybridized carbons (Fsp3) is 0.333. The Balaban J connectivity index is 2.33. The van der Waals surface area contributed by atoms with Gasteiger partial charge in [-0.25, -0.2) is 10.8 Å². The fourth-order valence-electron chi connectivity index (χ4n) is 1.04. The molecule has 0 saturated heterocycles. The second kappa shape index (κ2) is 5.82. The van der Waals surface area contributed by atoms with Crippen molar-refractivity contribution in [2.24, 2.45) is 5.84 Å². The van der Waals surface area contributed by atoms with E-state index in [9.17, 15) is 4.79 Å². The third-order valence-electron chi connectivity index (χ3n) is 1.70. The third kappa shape index (κ3) is 4.28. The molecular weight excluding hydrogens is 194 g/mol. The zero-order valence-electron chi connectivity index (χ0n) is 8.58. The molecule has 6 nitrogen and oxygen atoms in total. The molecule has 1 rings (SSSR count). The Morgan fingerprint density at radius 2 is 2.13 bits per heavy atom. The first-order valence-corrected chi connectivity index (χ1v) is 4.64. The van der Waals surface area contributed by atoms with Crippen LogP contribution in [0.2, 0.25) is 0 Å². The van der Waals surface area contributed by atoms with Crippen LogP contribution in [0.15, 0.2) is 18.2 Å². The van der Waals surface area contributed by atoms with Crippen LogP contribution < -0.4 is 21.9 Å². The molecule has 0 aliphatic carbocycles. The number of nitrogens with one attached hydrogen (secondary N) is 3. The number of anilines is 2. The van der Waals surface area contributed by atoms with Gasteiger partial charge in [0.1, 0.15) is 11.6 Å². The Kier molecular flexibility index (Phi) is 4.36. The number of hydrazine groups is 1. The molecule has 1 aromatic heterocycles. The summed E-state index contributed by atoms with van der Waals surface area (Å²) in [6, 6.07) is 5.43.